The summed E-state index contributed by atoms with van der Waals surface area (Å²) >= 11 is 18.8. The summed E-state index contributed by atoms with van der Waals surface area (Å²) in [7, 11) is -4.07. The average molecular weight is 385 g/mol. The third-order valence-corrected chi connectivity index (χ3v) is 5.50. The van der Waals surface area contributed by atoms with Crippen molar-refractivity contribution in [3.05, 3.63) is 33.4 Å². The van der Waals surface area contributed by atoms with Crippen molar-refractivity contribution in [3.8, 4) is 0 Å². The van der Waals surface area contributed by atoms with Gasteiger partial charge in [0.15, 0.2) is 25.4 Å². The normalized spacial score (nSPS) is 12.0. The Bertz CT molecular complexity index is 916. The van der Waals surface area contributed by atoms with Crippen LogP contribution in [0, 0.1) is 0 Å². The van der Waals surface area contributed by atoms with E-state index in [0.717, 1.165) is 6.33 Å². The van der Waals surface area contributed by atoms with Gasteiger partial charge in [-0.3, -0.25) is 9.12 Å². The van der Waals surface area contributed by atoms with Crippen LogP contribution < -0.4 is 4.72 Å². The van der Waals surface area contributed by atoms with E-state index < -0.39 is 10.0 Å². The Morgan fingerprint density at radius 2 is 1.81 bits per heavy atom. The Balaban J connectivity index is 2.13. The minimum atomic E-state index is -4.07. The molecule has 0 saturated carbocycles. The zero-order chi connectivity index (χ0) is 15.2. The lowest BCUT2D eigenvalue weighted by Gasteiger charge is -2.09. The number of halogens is 3. The summed E-state index contributed by atoms with van der Waals surface area (Å²) in [5.41, 5.74) is -0.123. The van der Waals surface area contributed by atoms with E-state index in [1.54, 1.807) is 5.38 Å². The highest BCUT2D eigenvalue weighted by Crippen LogP contribution is 2.31. The van der Waals surface area contributed by atoms with E-state index in [1.165, 1.54) is 21.9 Å². The fraction of sp³-hybridized carbons (Fsp3) is 0. The molecule has 0 radical (unpaired) electrons. The van der Waals surface area contributed by atoms with Gasteiger partial charge in [-0.25, -0.2) is 15.0 Å². The number of rotatable bonds is 3. The van der Waals surface area contributed by atoms with Gasteiger partial charge in [0.05, 0.1) is 0 Å². The van der Waals surface area contributed by atoms with Gasteiger partial charge in [0.2, 0.25) is 0 Å². The van der Waals surface area contributed by atoms with Crippen molar-refractivity contribution in [3.63, 3.8) is 0 Å². The molecule has 0 aliphatic heterocycles. The standard InChI is InChI=1S/C9H4Cl3N5O2S2/c10-5-4(6(11)14-3-13-5)16-21(18,19)8-7(12)15-9-17(8)1-2-20-9/h1-3,16H. The second-order valence-electron chi connectivity index (χ2n) is 3.70. The van der Waals surface area contributed by atoms with Crippen molar-refractivity contribution in [2.24, 2.45) is 0 Å². The van der Waals surface area contributed by atoms with E-state index in [1.807, 2.05) is 0 Å². The predicted molar refractivity (Wildman–Crippen MR) is 80.9 cm³/mol. The maximum absolute atomic E-state index is 12.5. The summed E-state index contributed by atoms with van der Waals surface area (Å²) in [6.07, 6.45) is 2.66. The molecule has 0 fully saturated rings. The number of hydrogen-bond donors (Lipinski definition) is 1. The first-order valence-electron chi connectivity index (χ1n) is 5.20. The first-order chi connectivity index (χ1) is 9.90. The van der Waals surface area contributed by atoms with Crippen molar-refractivity contribution in [2.75, 3.05) is 4.72 Å². The van der Waals surface area contributed by atoms with Gasteiger partial charge >= 0.3 is 0 Å². The van der Waals surface area contributed by atoms with Gasteiger partial charge in [-0.15, -0.1) is 11.3 Å². The monoisotopic (exact) mass is 383 g/mol. The summed E-state index contributed by atoms with van der Waals surface area (Å²) in [6.45, 7) is 0. The second kappa shape index (κ2) is 5.25. The Morgan fingerprint density at radius 1 is 1.14 bits per heavy atom. The third-order valence-electron chi connectivity index (χ3n) is 2.42. The van der Waals surface area contributed by atoms with Crippen LogP contribution in [0.15, 0.2) is 22.9 Å². The molecule has 0 aromatic carbocycles. The molecule has 1 N–H and O–H groups in total. The Morgan fingerprint density at radius 3 is 2.48 bits per heavy atom. The van der Waals surface area contributed by atoms with Crippen LogP contribution in [-0.4, -0.2) is 27.8 Å². The van der Waals surface area contributed by atoms with Crippen LogP contribution in [0.4, 0.5) is 5.69 Å². The molecule has 3 aromatic rings. The van der Waals surface area contributed by atoms with Crippen molar-refractivity contribution >= 4 is 66.8 Å². The number of nitrogens with one attached hydrogen (secondary N) is 1. The lowest BCUT2D eigenvalue weighted by atomic mass is 10.6. The van der Waals surface area contributed by atoms with Gasteiger partial charge < -0.3 is 0 Å². The topological polar surface area (TPSA) is 89.2 Å². The van der Waals surface area contributed by atoms with Crippen LogP contribution in [0.25, 0.3) is 4.96 Å². The highest BCUT2D eigenvalue weighted by atomic mass is 35.5. The lowest BCUT2D eigenvalue weighted by molar-refractivity contribution is 0.596. The number of thiazole rings is 1. The van der Waals surface area contributed by atoms with Crippen molar-refractivity contribution in [1.29, 1.82) is 0 Å². The quantitative estimate of drug-likeness (QED) is 0.701. The van der Waals surface area contributed by atoms with Crippen LogP contribution in [0.1, 0.15) is 0 Å². The summed E-state index contributed by atoms with van der Waals surface area (Å²) in [5, 5.41) is 1.07. The average Bonchev–Trinajstić information content (AvgIpc) is 2.93. The Kier molecular flexibility index (Phi) is 3.70. The number of hydrogen-bond acceptors (Lipinski definition) is 6. The molecule has 0 atom stereocenters. The number of fused-ring (bicyclic) bond motifs is 1. The van der Waals surface area contributed by atoms with Gasteiger partial charge in [-0.2, -0.15) is 8.42 Å². The molecule has 0 bridgehead atoms. The summed E-state index contributed by atoms with van der Waals surface area (Å²) < 4.78 is 28.5. The van der Waals surface area contributed by atoms with Crippen LogP contribution in [-0.2, 0) is 10.0 Å². The zero-order valence-electron chi connectivity index (χ0n) is 9.79. The molecule has 21 heavy (non-hydrogen) atoms. The van der Waals surface area contributed by atoms with E-state index in [9.17, 15) is 8.42 Å². The molecule has 3 rings (SSSR count). The van der Waals surface area contributed by atoms with Crippen molar-refractivity contribution in [2.45, 2.75) is 5.03 Å². The number of nitrogens with zero attached hydrogens (tertiary/aromatic N) is 4. The number of anilines is 1. The molecule has 0 aliphatic carbocycles. The zero-order valence-corrected chi connectivity index (χ0v) is 13.7. The van der Waals surface area contributed by atoms with Crippen molar-refractivity contribution in [1.82, 2.24) is 19.4 Å². The first kappa shape index (κ1) is 14.8. The maximum atomic E-state index is 12.5. The fourth-order valence-electron chi connectivity index (χ4n) is 1.59. The van der Waals surface area contributed by atoms with Crippen LogP contribution in [0.5, 0.6) is 0 Å². The van der Waals surface area contributed by atoms with Crippen LogP contribution in [0.2, 0.25) is 15.5 Å². The number of sulfonamides is 1. The molecule has 12 heteroatoms. The minimum Gasteiger partial charge on any atom is -0.278 e. The van der Waals surface area contributed by atoms with Crippen molar-refractivity contribution < 1.29 is 8.42 Å². The molecule has 0 saturated heterocycles. The van der Waals surface area contributed by atoms with E-state index in [0.29, 0.717) is 4.96 Å². The molecule has 7 nitrogen and oxygen atoms in total. The van der Waals surface area contributed by atoms with Gasteiger partial charge in [0.25, 0.3) is 10.0 Å². The van der Waals surface area contributed by atoms with Gasteiger partial charge in [0, 0.05) is 11.6 Å². The van der Waals surface area contributed by atoms with Gasteiger partial charge in [-0.05, 0) is 0 Å². The Labute approximate surface area is 137 Å². The second-order valence-corrected chi connectivity index (χ2v) is 7.24. The molecular formula is C9H4Cl3N5O2S2. The SMILES string of the molecule is O=S(=O)(Nc1c(Cl)ncnc1Cl)c1c(Cl)nc2sccn12. The fourth-order valence-corrected chi connectivity index (χ4v) is 4.64. The van der Waals surface area contributed by atoms with Crippen LogP contribution >= 0.6 is 46.1 Å². The number of imidazole rings is 1. The molecule has 0 unspecified atom stereocenters. The highest BCUT2D eigenvalue weighted by molar-refractivity contribution is 7.92. The van der Waals surface area contributed by atoms with Crippen LogP contribution in [0.3, 0.4) is 0 Å². The maximum Gasteiger partial charge on any atom is 0.281 e. The highest BCUT2D eigenvalue weighted by Gasteiger charge is 2.27. The van der Waals surface area contributed by atoms with E-state index >= 15 is 0 Å². The van der Waals surface area contributed by atoms with E-state index in [-0.39, 0.29) is 26.2 Å². The molecule has 0 spiro atoms. The summed E-state index contributed by atoms with van der Waals surface area (Å²) in [4.78, 5) is 11.7. The first-order valence-corrected chi connectivity index (χ1v) is 8.69. The van der Waals surface area contributed by atoms with Gasteiger partial charge in [0.1, 0.15) is 12.0 Å². The summed E-state index contributed by atoms with van der Waals surface area (Å²) in [5.74, 6) is 0. The largest absolute Gasteiger partial charge is 0.281 e. The third kappa shape index (κ3) is 2.55. The van der Waals surface area contributed by atoms with Gasteiger partial charge in [-0.1, -0.05) is 34.8 Å². The van der Waals surface area contributed by atoms with E-state index in [4.69, 9.17) is 34.8 Å². The van der Waals surface area contributed by atoms with E-state index in [2.05, 4.69) is 19.7 Å². The Hall–Kier alpha value is -1.13. The smallest absolute Gasteiger partial charge is 0.278 e. The predicted octanol–water partition coefficient (Wildman–Crippen LogP) is 2.95. The molecule has 110 valence electrons. The molecule has 3 heterocycles. The molecule has 3 aromatic heterocycles. The number of aromatic nitrogens is 4. The molecule has 0 amide bonds. The molecule has 0 aliphatic rings. The summed E-state index contributed by atoms with van der Waals surface area (Å²) in [6, 6.07) is 0. The molecular weight excluding hydrogens is 381 g/mol. The minimum absolute atomic E-state index is 0.123. The lowest BCUT2D eigenvalue weighted by Crippen LogP contribution is -2.16.